The van der Waals surface area contributed by atoms with Gasteiger partial charge in [0, 0.05) is 69.5 Å². The van der Waals surface area contributed by atoms with Gasteiger partial charge >= 0.3 is 6.18 Å². The van der Waals surface area contributed by atoms with Crippen molar-refractivity contribution in [2.45, 2.75) is 18.5 Å². The number of aryl methyl sites for hydroxylation is 1. The van der Waals surface area contributed by atoms with Crippen LogP contribution in [0.1, 0.15) is 11.9 Å². The average molecular weight is 590 g/mol. The Labute approximate surface area is 233 Å². The number of anilines is 2. The van der Waals surface area contributed by atoms with Crippen molar-refractivity contribution in [2.24, 2.45) is 7.05 Å². The minimum Gasteiger partial charge on any atom is -0.386 e. The van der Waals surface area contributed by atoms with Crippen molar-refractivity contribution >= 4 is 44.3 Å². The molecule has 0 aliphatic carbocycles. The van der Waals surface area contributed by atoms with Crippen LogP contribution in [-0.4, -0.2) is 68.6 Å². The number of aromatic amines is 1. The number of halogens is 5. The molecule has 0 unspecified atom stereocenters. The Morgan fingerprint density at radius 3 is 2.60 bits per heavy atom. The molecule has 5 heterocycles. The van der Waals surface area contributed by atoms with Crippen LogP contribution in [0.4, 0.5) is 33.3 Å². The lowest BCUT2D eigenvalue weighted by molar-refractivity contribution is -0.155. The summed E-state index contributed by atoms with van der Waals surface area (Å²) in [5, 5.41) is 24.5. The van der Waals surface area contributed by atoms with E-state index in [2.05, 4.69) is 25.6 Å². The molecule has 5 aromatic rings. The number of hydrogen-bond acceptors (Lipinski definition) is 8. The van der Waals surface area contributed by atoms with Gasteiger partial charge < -0.3 is 35.3 Å². The zero-order chi connectivity index (χ0) is 30.1. The highest BCUT2D eigenvalue weighted by Gasteiger charge is 2.43. The maximum Gasteiger partial charge on any atom is 0.405 e. The number of benzene rings is 1. The summed E-state index contributed by atoms with van der Waals surface area (Å²) in [7, 11) is 3.07. The van der Waals surface area contributed by atoms with Gasteiger partial charge in [-0.3, -0.25) is 4.79 Å². The van der Waals surface area contributed by atoms with Crippen molar-refractivity contribution in [3.05, 3.63) is 58.1 Å². The first kappa shape index (κ1) is 27.8. The Kier molecular flexibility index (Phi) is 6.55. The number of aromatic nitrogens is 4. The second-order valence-corrected chi connectivity index (χ2v) is 10.1. The Bertz CT molecular complexity index is 1940. The highest BCUT2D eigenvalue weighted by molar-refractivity contribution is 6.18. The van der Waals surface area contributed by atoms with Crippen LogP contribution in [-0.2, 0) is 7.05 Å². The van der Waals surface area contributed by atoms with Gasteiger partial charge in [-0.05, 0) is 6.07 Å². The normalized spacial score (nSPS) is 16.3. The van der Waals surface area contributed by atoms with Gasteiger partial charge in [0.05, 0.1) is 38.6 Å². The second-order valence-electron chi connectivity index (χ2n) is 10.1. The van der Waals surface area contributed by atoms with Gasteiger partial charge in [-0.25, -0.2) is 18.7 Å². The first-order valence-corrected chi connectivity index (χ1v) is 12.8. The van der Waals surface area contributed by atoms with Crippen LogP contribution >= 0.6 is 0 Å². The molecule has 1 atom stereocenters. The summed E-state index contributed by atoms with van der Waals surface area (Å²) >= 11 is 0. The highest BCUT2D eigenvalue weighted by atomic mass is 19.4. The maximum absolute atomic E-state index is 15.5. The van der Waals surface area contributed by atoms with Crippen molar-refractivity contribution in [1.82, 2.24) is 24.8 Å². The molecule has 15 heteroatoms. The molecule has 0 saturated carbocycles. The van der Waals surface area contributed by atoms with E-state index in [0.717, 1.165) is 6.07 Å². The summed E-state index contributed by atoms with van der Waals surface area (Å²) in [6.45, 7) is -0.505. The molecule has 10 nitrogen and oxygen atoms in total. The highest BCUT2D eigenvalue weighted by Crippen LogP contribution is 2.44. The third-order valence-electron chi connectivity index (χ3n) is 7.55. The van der Waals surface area contributed by atoms with Gasteiger partial charge in [-0.2, -0.15) is 13.2 Å². The number of aliphatic hydroxyl groups excluding tert-OH is 1. The minimum absolute atomic E-state index is 0.00810. The smallest absolute Gasteiger partial charge is 0.386 e. The number of alkyl halides is 3. The molecular formula is C27H24F5N7O3. The van der Waals surface area contributed by atoms with Crippen LogP contribution in [0.15, 0.2) is 35.5 Å². The van der Waals surface area contributed by atoms with Gasteiger partial charge in [0.25, 0.3) is 0 Å². The summed E-state index contributed by atoms with van der Waals surface area (Å²) in [5.41, 5.74) is 0.306. The molecule has 0 bridgehead atoms. The van der Waals surface area contributed by atoms with Crippen molar-refractivity contribution in [1.29, 1.82) is 0 Å². The molecule has 220 valence electrons. The predicted molar refractivity (Wildman–Crippen MR) is 146 cm³/mol. The van der Waals surface area contributed by atoms with Crippen molar-refractivity contribution in [2.75, 3.05) is 36.9 Å². The van der Waals surface area contributed by atoms with E-state index >= 15 is 4.39 Å². The van der Waals surface area contributed by atoms with Crippen molar-refractivity contribution in [3.8, 4) is 11.1 Å². The lowest BCUT2D eigenvalue weighted by Gasteiger charge is -2.37. The summed E-state index contributed by atoms with van der Waals surface area (Å²) in [5.74, 6) is -2.37. The van der Waals surface area contributed by atoms with E-state index in [1.165, 1.54) is 41.2 Å². The molecule has 1 saturated heterocycles. The fourth-order valence-electron chi connectivity index (χ4n) is 5.57. The topological polar surface area (TPSA) is 131 Å². The zero-order valence-electron chi connectivity index (χ0n) is 22.1. The van der Waals surface area contributed by atoms with Crippen molar-refractivity contribution in [3.63, 3.8) is 0 Å². The third-order valence-corrected chi connectivity index (χ3v) is 7.55. The fraction of sp³-hybridized carbons (Fsp3) is 0.296. The summed E-state index contributed by atoms with van der Waals surface area (Å²) < 4.78 is 73.2. The Morgan fingerprint density at radius 2 is 1.90 bits per heavy atom. The molecule has 42 heavy (non-hydrogen) atoms. The predicted octanol–water partition coefficient (Wildman–Crippen LogP) is 3.27. The molecule has 5 N–H and O–H groups in total. The van der Waals surface area contributed by atoms with E-state index < -0.39 is 42.1 Å². The lowest BCUT2D eigenvalue weighted by atomic mass is 10.00. The number of piperazine rings is 1. The largest absolute Gasteiger partial charge is 0.405 e. The lowest BCUT2D eigenvalue weighted by Crippen LogP contribution is -2.57. The number of nitrogens with one attached hydrogen (secondary N) is 3. The zero-order valence-corrected chi connectivity index (χ0v) is 22.1. The van der Waals surface area contributed by atoms with Crippen molar-refractivity contribution < 1.29 is 32.2 Å². The fourth-order valence-corrected chi connectivity index (χ4v) is 5.57. The molecule has 1 aliphatic heterocycles. The molecule has 0 radical (unpaired) electrons. The second kappa shape index (κ2) is 9.89. The number of hydrogen-bond donors (Lipinski definition) is 5. The Balaban J connectivity index is 1.69. The monoisotopic (exact) mass is 589 g/mol. The van der Waals surface area contributed by atoms with Crippen LogP contribution < -0.4 is 21.0 Å². The van der Waals surface area contributed by atoms with Crippen LogP contribution in [0.3, 0.4) is 0 Å². The standard InChI is InChI=1S/C27H24F5N7O3/c1-33-16-6-15(28)20(29)18-19-22(39-4-3-34-17(10-39)27(30,31)32)13(8-35-24(19)37-21(16)18)11-5-12-23(40)14(26(41)42)9-38(2)25(12)36-7-11/h5-9,17,26,33-34,41-42H,3-4,10H2,1-2H3,(H,35,37)/t17-/m0/s1. The molecular weight excluding hydrogens is 565 g/mol. The van der Waals surface area contributed by atoms with Gasteiger partial charge in [0.15, 0.2) is 23.4 Å². The van der Waals surface area contributed by atoms with E-state index in [1.807, 2.05) is 0 Å². The Hall–Kier alpha value is -4.34. The van der Waals surface area contributed by atoms with Crippen LogP contribution in [0.2, 0.25) is 0 Å². The summed E-state index contributed by atoms with van der Waals surface area (Å²) in [6.07, 6.45) is -2.65. The summed E-state index contributed by atoms with van der Waals surface area (Å²) in [4.78, 5) is 26.3. The molecule has 1 aromatic carbocycles. The maximum atomic E-state index is 15.5. The molecule has 1 aliphatic rings. The van der Waals surface area contributed by atoms with Gasteiger partial charge in [-0.15, -0.1) is 0 Å². The van der Waals surface area contributed by atoms with Crippen LogP contribution in [0, 0.1) is 11.6 Å². The average Bonchev–Trinajstić information content (AvgIpc) is 3.35. The molecule has 1 fully saturated rings. The number of aliphatic hydroxyl groups is 2. The minimum atomic E-state index is -4.58. The molecule has 6 rings (SSSR count). The van der Waals surface area contributed by atoms with E-state index in [1.54, 1.807) is 7.05 Å². The quantitative estimate of drug-likeness (QED) is 0.160. The number of H-pyrrole nitrogens is 1. The van der Waals surface area contributed by atoms with E-state index in [4.69, 9.17) is 0 Å². The first-order valence-electron chi connectivity index (χ1n) is 12.8. The van der Waals surface area contributed by atoms with Crippen LogP contribution in [0.5, 0.6) is 0 Å². The summed E-state index contributed by atoms with van der Waals surface area (Å²) in [6, 6.07) is 0.475. The van der Waals surface area contributed by atoms with E-state index in [-0.39, 0.29) is 74.1 Å². The van der Waals surface area contributed by atoms with Crippen LogP contribution in [0.25, 0.3) is 44.1 Å². The van der Waals surface area contributed by atoms with E-state index in [9.17, 15) is 32.6 Å². The molecule has 0 amide bonds. The number of nitrogens with zero attached hydrogens (tertiary/aromatic N) is 4. The van der Waals surface area contributed by atoms with E-state index in [0.29, 0.717) is 0 Å². The number of pyridine rings is 3. The number of rotatable bonds is 4. The van der Waals surface area contributed by atoms with Gasteiger partial charge in [0.2, 0.25) is 0 Å². The first-order chi connectivity index (χ1) is 19.9. The Morgan fingerprint density at radius 1 is 1.14 bits per heavy atom. The SMILES string of the molecule is CNc1cc(F)c(F)c2c1[nH]c1ncc(-c3cnc4c(c3)c(=O)c(C(O)O)cn4C)c(N3CCN[C@H](C(F)(F)F)C3)c12. The molecule has 0 spiro atoms. The molecule has 4 aromatic heterocycles. The van der Waals surface area contributed by atoms with Gasteiger partial charge in [-0.1, -0.05) is 0 Å². The third kappa shape index (κ3) is 4.31. The number of fused-ring (bicyclic) bond motifs is 4. The van der Waals surface area contributed by atoms with Gasteiger partial charge in [0.1, 0.15) is 17.3 Å².